The van der Waals surface area contributed by atoms with E-state index in [-0.39, 0.29) is 37.3 Å². The molecule has 1 unspecified atom stereocenters. The van der Waals surface area contributed by atoms with Crippen molar-refractivity contribution in [1.82, 2.24) is 24.3 Å². The Kier molecular flexibility index (Phi) is 15.6. The maximum atomic E-state index is 14.8. The van der Waals surface area contributed by atoms with Gasteiger partial charge in [0, 0.05) is 62.6 Å². The molecular formula is C45H67N5O11. The van der Waals surface area contributed by atoms with Gasteiger partial charge in [-0.25, -0.2) is 9.78 Å². The van der Waals surface area contributed by atoms with E-state index in [1.165, 1.54) is 20.1 Å². The number of methoxy groups -OCH3 is 2. The molecule has 3 aliphatic heterocycles. The summed E-state index contributed by atoms with van der Waals surface area (Å²) >= 11 is 0. The number of unbranched alkanes of at least 4 members (excludes halogenated alkanes) is 1. The van der Waals surface area contributed by atoms with Gasteiger partial charge in [-0.2, -0.15) is 0 Å². The minimum Gasteiger partial charge on any atom is -0.496 e. The number of rotatable bonds is 13. The van der Waals surface area contributed by atoms with Crippen molar-refractivity contribution < 1.29 is 52.7 Å². The van der Waals surface area contributed by atoms with E-state index < -0.39 is 83.4 Å². The number of hydrogen-bond acceptors (Lipinski definition) is 14. The molecule has 16 heteroatoms. The summed E-state index contributed by atoms with van der Waals surface area (Å²) in [5.74, 6) is -4.60. The van der Waals surface area contributed by atoms with E-state index in [0.29, 0.717) is 37.3 Å². The van der Waals surface area contributed by atoms with Crippen LogP contribution in [0.25, 0.3) is 11.3 Å². The van der Waals surface area contributed by atoms with Crippen LogP contribution in [0.4, 0.5) is 4.79 Å². The van der Waals surface area contributed by atoms with Crippen LogP contribution in [0, 0.1) is 23.7 Å². The van der Waals surface area contributed by atoms with Crippen LogP contribution in [0.2, 0.25) is 0 Å². The summed E-state index contributed by atoms with van der Waals surface area (Å²) in [7, 11) is 6.81. The average molecular weight is 854 g/mol. The van der Waals surface area contributed by atoms with Gasteiger partial charge in [0.15, 0.2) is 17.7 Å². The summed E-state index contributed by atoms with van der Waals surface area (Å²) in [5, 5.41) is 11.5. The largest absolute Gasteiger partial charge is 0.496 e. The number of aromatic nitrogens is 3. The molecule has 61 heavy (non-hydrogen) atoms. The highest BCUT2D eigenvalue weighted by Gasteiger charge is 2.61. The molecule has 2 aromatic rings. The van der Waals surface area contributed by atoms with Gasteiger partial charge in [0.2, 0.25) is 0 Å². The fourth-order valence-corrected chi connectivity index (χ4v) is 9.63. The van der Waals surface area contributed by atoms with Gasteiger partial charge in [-0.1, -0.05) is 34.3 Å². The molecule has 13 atom stereocenters. The van der Waals surface area contributed by atoms with Crippen LogP contribution in [0.5, 0.6) is 5.75 Å². The summed E-state index contributed by atoms with van der Waals surface area (Å²) < 4.78 is 38.7. The van der Waals surface area contributed by atoms with Crippen molar-refractivity contribution in [2.24, 2.45) is 23.7 Å². The number of aryl methyl sites for hydroxylation is 1. The third-order valence-corrected chi connectivity index (χ3v) is 13.2. The van der Waals surface area contributed by atoms with Crippen molar-refractivity contribution in [3.63, 3.8) is 0 Å². The predicted octanol–water partition coefficient (Wildman–Crippen LogP) is 5.10. The minimum atomic E-state index is -1.61. The molecule has 2 aromatic heterocycles. The lowest BCUT2D eigenvalue weighted by atomic mass is 9.72. The predicted molar refractivity (Wildman–Crippen MR) is 225 cm³/mol. The smallest absolute Gasteiger partial charge is 0.411 e. The van der Waals surface area contributed by atoms with Gasteiger partial charge in [0.1, 0.15) is 29.7 Å². The third-order valence-electron chi connectivity index (χ3n) is 13.2. The molecule has 0 radical (unpaired) electrons. The summed E-state index contributed by atoms with van der Waals surface area (Å²) in [6, 6.07) is 0.572. The quantitative estimate of drug-likeness (QED) is 0.122. The second-order valence-corrected chi connectivity index (χ2v) is 17.5. The van der Waals surface area contributed by atoms with Crippen LogP contribution < -0.4 is 4.74 Å². The number of aliphatic hydroxyl groups is 1. The molecule has 0 aromatic carbocycles. The SMILES string of the molecule is C=C[C@]12OC(=O)N(CCCCn3cnc(-c4cnccc4OC)c3)[C@H]1[C@@H](C)C(=O)[C@H](C)C[C@](C)(OC)[C@H](OC1O[C@H](C)C[C@H](N(C)C)[C@H]1O)[C@@H](C)C(=O)[C@@H](C)C(=O)O[C@@H]2CC. The lowest BCUT2D eigenvalue weighted by molar-refractivity contribution is -0.295. The van der Waals surface area contributed by atoms with E-state index in [2.05, 4.69) is 16.5 Å². The fourth-order valence-electron chi connectivity index (χ4n) is 9.63. The van der Waals surface area contributed by atoms with Gasteiger partial charge in [0.05, 0.1) is 48.5 Å². The molecule has 5 rings (SSSR count). The number of ether oxygens (including phenoxy) is 6. The number of esters is 1. The van der Waals surface area contributed by atoms with Crippen molar-refractivity contribution in [3.8, 4) is 17.0 Å². The molecule has 3 saturated heterocycles. The van der Waals surface area contributed by atoms with Gasteiger partial charge in [-0.15, -0.1) is 0 Å². The van der Waals surface area contributed by atoms with E-state index in [1.807, 2.05) is 36.7 Å². The Labute approximate surface area is 360 Å². The normalized spacial score (nSPS) is 35.4. The van der Waals surface area contributed by atoms with Crippen LogP contribution in [0.3, 0.4) is 0 Å². The number of cyclic esters (lactones) is 1. The molecule has 16 nitrogen and oxygen atoms in total. The first-order valence-corrected chi connectivity index (χ1v) is 21.5. The van der Waals surface area contributed by atoms with E-state index in [0.717, 1.165) is 5.56 Å². The second-order valence-electron chi connectivity index (χ2n) is 17.5. The molecule has 1 amide bonds. The molecule has 0 spiro atoms. The summed E-state index contributed by atoms with van der Waals surface area (Å²) in [6.07, 6.45) is 5.24. The first-order valence-electron chi connectivity index (χ1n) is 21.5. The Morgan fingerprint density at radius 2 is 1.75 bits per heavy atom. The first kappa shape index (κ1) is 47.8. The molecule has 0 saturated carbocycles. The molecular weight excluding hydrogens is 787 g/mol. The summed E-state index contributed by atoms with van der Waals surface area (Å²) in [6.45, 7) is 17.0. The van der Waals surface area contributed by atoms with Crippen LogP contribution in [-0.2, 0) is 44.6 Å². The lowest BCUT2D eigenvalue weighted by Gasteiger charge is -2.47. The highest BCUT2D eigenvalue weighted by molar-refractivity contribution is 6.00. The third kappa shape index (κ3) is 9.73. The Hall–Kier alpha value is -4.22. The average Bonchev–Trinajstić information content (AvgIpc) is 3.84. The van der Waals surface area contributed by atoms with Gasteiger partial charge < -0.3 is 43.0 Å². The molecule has 0 aliphatic carbocycles. The van der Waals surface area contributed by atoms with Crippen LogP contribution in [0.1, 0.15) is 80.6 Å². The Balaban J connectivity index is 1.45. The van der Waals surface area contributed by atoms with Crippen molar-refractivity contribution in [2.75, 3.05) is 34.9 Å². The number of Topliss-reactive ketones (excluding diaryl/α,β-unsaturated/α-hetero) is 2. The highest BCUT2D eigenvalue weighted by Crippen LogP contribution is 2.44. The number of nitrogens with zero attached hydrogens (tertiary/aromatic N) is 5. The van der Waals surface area contributed by atoms with Crippen LogP contribution in [-0.4, -0.2) is 142 Å². The standard InChI is InChI=1S/C45H67N5O11/c1-13-35-45(14-2)39(50(43(55)61-45)20-16-15-19-49-24-32(47-25-49)31-23-46-18-17-34(31)56-11)28(5)36(51)26(3)22-44(8,57-12)40(29(6)37(52)30(7)41(54)59-35)60-42-38(53)33(48(9)10)21-27(4)58-42/h14,17-18,23-30,33,35,38-40,42,53H,2,13,15-16,19-22H2,1,3-12H3/t26-,27-,28+,29+,30-,33+,35-,38-,39+,40-,42?,44+,45-/m1/s1. The maximum Gasteiger partial charge on any atom is 0.411 e. The molecule has 5 heterocycles. The zero-order valence-corrected chi connectivity index (χ0v) is 37.7. The molecule has 1 N–H and O–H groups in total. The molecule has 3 fully saturated rings. The van der Waals surface area contributed by atoms with Gasteiger partial charge in [-0.3, -0.25) is 24.3 Å². The molecule has 0 bridgehead atoms. The van der Waals surface area contributed by atoms with Crippen molar-refractivity contribution in [2.45, 2.75) is 141 Å². The number of pyridine rings is 1. The van der Waals surface area contributed by atoms with E-state index in [4.69, 9.17) is 28.4 Å². The molecule has 3 aliphatic rings. The zero-order chi connectivity index (χ0) is 45.0. The Morgan fingerprint density at radius 3 is 2.39 bits per heavy atom. The molecule has 338 valence electrons. The van der Waals surface area contributed by atoms with Gasteiger partial charge >= 0.3 is 12.1 Å². The van der Waals surface area contributed by atoms with Crippen LogP contribution in [0.15, 0.2) is 43.6 Å². The topological polar surface area (TPSA) is 181 Å². The van der Waals surface area contributed by atoms with Crippen molar-refractivity contribution >= 4 is 23.6 Å². The number of aliphatic hydroxyl groups excluding tert-OH is 1. The number of carbonyl (C=O) groups excluding carboxylic acids is 4. The van der Waals surface area contributed by atoms with Gasteiger partial charge in [0.25, 0.3) is 0 Å². The summed E-state index contributed by atoms with van der Waals surface area (Å²) in [4.78, 5) is 69.5. The Bertz CT molecular complexity index is 1870. The number of ketones is 2. The summed E-state index contributed by atoms with van der Waals surface area (Å²) in [5.41, 5.74) is -1.43. The van der Waals surface area contributed by atoms with E-state index in [1.54, 1.807) is 71.4 Å². The number of fused-ring (bicyclic) bond motifs is 1. The fraction of sp³-hybridized carbons (Fsp3) is 0.689. The maximum absolute atomic E-state index is 14.8. The number of amides is 1. The van der Waals surface area contributed by atoms with E-state index >= 15 is 0 Å². The Morgan fingerprint density at radius 1 is 1.05 bits per heavy atom. The second kappa shape index (κ2) is 19.9. The van der Waals surface area contributed by atoms with Crippen molar-refractivity contribution in [3.05, 3.63) is 43.6 Å². The monoisotopic (exact) mass is 853 g/mol. The number of likely N-dealkylation sites (N-methyl/N-ethyl adjacent to an activating group) is 1. The highest BCUT2D eigenvalue weighted by atomic mass is 16.7. The number of carbonyl (C=O) groups is 4. The zero-order valence-electron chi connectivity index (χ0n) is 37.7. The van der Waals surface area contributed by atoms with E-state index in [9.17, 15) is 24.3 Å². The van der Waals surface area contributed by atoms with Crippen molar-refractivity contribution in [1.29, 1.82) is 0 Å². The minimum absolute atomic E-state index is 0.0981. The lowest BCUT2D eigenvalue weighted by Crippen LogP contribution is -2.60. The van der Waals surface area contributed by atoms with Crippen LogP contribution >= 0.6 is 0 Å². The number of hydrogen-bond donors (Lipinski definition) is 1. The van der Waals surface area contributed by atoms with Gasteiger partial charge in [-0.05, 0) is 79.1 Å². The number of imidazole rings is 1. The first-order chi connectivity index (χ1) is 28.9.